The number of carbonyl (C=O) groups is 1. The van der Waals surface area contributed by atoms with Crippen molar-refractivity contribution in [3.8, 4) is 0 Å². The topological polar surface area (TPSA) is 66.9 Å². The SMILES string of the molecule is Cc1ccc(C)c(Nc2ncc(C(=O)Nc3ccc(F)cc3F)cn2)c1. The van der Waals surface area contributed by atoms with E-state index in [2.05, 4.69) is 20.6 Å². The summed E-state index contributed by atoms with van der Waals surface area (Å²) in [5, 5.41) is 5.45. The summed E-state index contributed by atoms with van der Waals surface area (Å²) in [5.74, 6) is -1.82. The van der Waals surface area contributed by atoms with Crippen LogP contribution in [0.2, 0.25) is 0 Å². The Morgan fingerprint density at radius 2 is 1.69 bits per heavy atom. The molecule has 0 aliphatic heterocycles. The molecule has 0 saturated heterocycles. The van der Waals surface area contributed by atoms with Gasteiger partial charge in [-0.15, -0.1) is 0 Å². The van der Waals surface area contributed by atoms with E-state index in [9.17, 15) is 13.6 Å². The predicted molar refractivity (Wildman–Crippen MR) is 95.5 cm³/mol. The van der Waals surface area contributed by atoms with Crippen LogP contribution in [-0.2, 0) is 0 Å². The zero-order valence-electron chi connectivity index (χ0n) is 14.2. The fourth-order valence-electron chi connectivity index (χ4n) is 2.29. The van der Waals surface area contributed by atoms with Gasteiger partial charge in [-0.3, -0.25) is 4.79 Å². The van der Waals surface area contributed by atoms with E-state index in [4.69, 9.17) is 0 Å². The van der Waals surface area contributed by atoms with Crippen LogP contribution in [-0.4, -0.2) is 15.9 Å². The van der Waals surface area contributed by atoms with Gasteiger partial charge in [0.15, 0.2) is 0 Å². The van der Waals surface area contributed by atoms with Gasteiger partial charge in [-0.2, -0.15) is 0 Å². The van der Waals surface area contributed by atoms with E-state index in [0.29, 0.717) is 12.0 Å². The van der Waals surface area contributed by atoms with Crippen LogP contribution in [0.25, 0.3) is 0 Å². The maximum absolute atomic E-state index is 13.6. The molecule has 0 fully saturated rings. The molecular weight excluding hydrogens is 338 g/mol. The lowest BCUT2D eigenvalue weighted by Crippen LogP contribution is -2.14. The summed E-state index contributed by atoms with van der Waals surface area (Å²) >= 11 is 0. The summed E-state index contributed by atoms with van der Waals surface area (Å²) in [6.07, 6.45) is 2.66. The van der Waals surface area contributed by atoms with Gasteiger partial charge in [-0.1, -0.05) is 12.1 Å². The Labute approximate surface area is 149 Å². The lowest BCUT2D eigenvalue weighted by Gasteiger charge is -2.10. The highest BCUT2D eigenvalue weighted by Crippen LogP contribution is 2.20. The van der Waals surface area contributed by atoms with Gasteiger partial charge in [0.25, 0.3) is 5.91 Å². The van der Waals surface area contributed by atoms with Crippen LogP contribution < -0.4 is 10.6 Å². The first kappa shape index (κ1) is 17.5. The van der Waals surface area contributed by atoms with E-state index in [-0.39, 0.29) is 11.3 Å². The van der Waals surface area contributed by atoms with Crippen molar-refractivity contribution >= 4 is 23.2 Å². The molecule has 5 nitrogen and oxygen atoms in total. The summed E-state index contributed by atoms with van der Waals surface area (Å²) in [7, 11) is 0. The minimum absolute atomic E-state index is 0.117. The number of hydrogen-bond donors (Lipinski definition) is 2. The first-order valence-electron chi connectivity index (χ1n) is 7.85. The third-order valence-corrected chi connectivity index (χ3v) is 3.73. The number of rotatable bonds is 4. The number of anilines is 3. The Balaban J connectivity index is 1.72. The second-order valence-corrected chi connectivity index (χ2v) is 5.82. The Bertz CT molecular complexity index is 958. The molecule has 2 N–H and O–H groups in total. The average molecular weight is 354 g/mol. The molecule has 132 valence electrons. The van der Waals surface area contributed by atoms with E-state index in [1.165, 1.54) is 12.4 Å². The Morgan fingerprint density at radius 3 is 2.38 bits per heavy atom. The van der Waals surface area contributed by atoms with Gasteiger partial charge in [0, 0.05) is 24.1 Å². The van der Waals surface area contributed by atoms with Gasteiger partial charge >= 0.3 is 0 Å². The summed E-state index contributed by atoms with van der Waals surface area (Å²) in [6.45, 7) is 3.94. The van der Waals surface area contributed by atoms with Gasteiger partial charge in [0.2, 0.25) is 5.95 Å². The molecule has 0 aliphatic carbocycles. The maximum Gasteiger partial charge on any atom is 0.258 e. The van der Waals surface area contributed by atoms with Crippen molar-refractivity contribution in [3.05, 3.63) is 77.1 Å². The minimum atomic E-state index is -0.854. The largest absolute Gasteiger partial charge is 0.324 e. The second kappa shape index (κ2) is 7.26. The number of hydrogen-bond acceptors (Lipinski definition) is 4. The third-order valence-electron chi connectivity index (χ3n) is 3.73. The van der Waals surface area contributed by atoms with E-state index in [1.54, 1.807) is 0 Å². The van der Waals surface area contributed by atoms with E-state index in [0.717, 1.165) is 28.9 Å². The van der Waals surface area contributed by atoms with Crippen molar-refractivity contribution in [1.29, 1.82) is 0 Å². The quantitative estimate of drug-likeness (QED) is 0.730. The van der Waals surface area contributed by atoms with E-state index >= 15 is 0 Å². The molecule has 0 saturated carbocycles. The number of benzene rings is 2. The Hall–Kier alpha value is -3.35. The van der Waals surface area contributed by atoms with Crippen molar-refractivity contribution in [1.82, 2.24) is 9.97 Å². The lowest BCUT2D eigenvalue weighted by atomic mass is 10.1. The fourth-order valence-corrected chi connectivity index (χ4v) is 2.29. The summed E-state index contributed by atoms with van der Waals surface area (Å²) in [5.41, 5.74) is 3.04. The summed E-state index contributed by atoms with van der Waals surface area (Å²) < 4.78 is 26.5. The summed E-state index contributed by atoms with van der Waals surface area (Å²) in [6, 6.07) is 8.87. The standard InChI is InChI=1S/C19H16F2N4O/c1-11-3-4-12(2)17(7-11)25-19-22-9-13(10-23-19)18(26)24-16-6-5-14(20)8-15(16)21/h3-10H,1-2H3,(H,24,26)(H,22,23,25). The number of amides is 1. The number of aromatic nitrogens is 2. The zero-order chi connectivity index (χ0) is 18.7. The molecule has 1 aromatic heterocycles. The lowest BCUT2D eigenvalue weighted by molar-refractivity contribution is 0.102. The molecular formula is C19H16F2N4O. The molecule has 26 heavy (non-hydrogen) atoms. The first-order valence-corrected chi connectivity index (χ1v) is 7.85. The van der Waals surface area contributed by atoms with Crippen LogP contribution in [0.3, 0.4) is 0 Å². The van der Waals surface area contributed by atoms with E-state index in [1.807, 2.05) is 32.0 Å². The molecule has 0 radical (unpaired) electrons. The van der Waals surface area contributed by atoms with Crippen molar-refractivity contribution in [3.63, 3.8) is 0 Å². The van der Waals surface area contributed by atoms with Crippen LogP contribution >= 0.6 is 0 Å². The van der Waals surface area contributed by atoms with Gasteiger partial charge in [0.1, 0.15) is 11.6 Å². The molecule has 7 heteroatoms. The maximum atomic E-state index is 13.6. The van der Waals surface area contributed by atoms with Crippen LogP contribution in [0.4, 0.5) is 26.1 Å². The number of aryl methyl sites for hydroxylation is 2. The molecule has 0 bridgehead atoms. The number of nitrogens with zero attached hydrogens (tertiary/aromatic N) is 2. The Morgan fingerprint density at radius 1 is 0.962 bits per heavy atom. The molecule has 2 aromatic carbocycles. The second-order valence-electron chi connectivity index (χ2n) is 5.82. The van der Waals surface area contributed by atoms with Crippen molar-refractivity contribution in [2.75, 3.05) is 10.6 Å². The highest BCUT2D eigenvalue weighted by atomic mass is 19.1. The van der Waals surface area contributed by atoms with Crippen LogP contribution in [0.1, 0.15) is 21.5 Å². The monoisotopic (exact) mass is 354 g/mol. The molecule has 0 spiro atoms. The highest BCUT2D eigenvalue weighted by Gasteiger charge is 2.11. The van der Waals surface area contributed by atoms with Crippen molar-refractivity contribution in [2.24, 2.45) is 0 Å². The van der Waals surface area contributed by atoms with Gasteiger partial charge in [-0.25, -0.2) is 18.7 Å². The molecule has 0 aliphatic rings. The molecule has 1 heterocycles. The molecule has 0 unspecified atom stereocenters. The molecule has 1 amide bonds. The molecule has 3 rings (SSSR count). The van der Waals surface area contributed by atoms with Crippen LogP contribution in [0, 0.1) is 25.5 Å². The van der Waals surface area contributed by atoms with Crippen molar-refractivity contribution in [2.45, 2.75) is 13.8 Å². The van der Waals surface area contributed by atoms with Gasteiger partial charge in [-0.05, 0) is 43.2 Å². The summed E-state index contributed by atoms with van der Waals surface area (Å²) in [4.78, 5) is 20.4. The normalized spacial score (nSPS) is 10.5. The number of carbonyl (C=O) groups excluding carboxylic acids is 1. The Kier molecular flexibility index (Phi) is 4.88. The number of halogens is 2. The third kappa shape index (κ3) is 4.00. The van der Waals surface area contributed by atoms with Crippen LogP contribution in [0.5, 0.6) is 0 Å². The molecule has 3 aromatic rings. The smallest absolute Gasteiger partial charge is 0.258 e. The average Bonchev–Trinajstić information content (AvgIpc) is 2.61. The molecule has 0 atom stereocenters. The van der Waals surface area contributed by atoms with Crippen LogP contribution in [0.15, 0.2) is 48.8 Å². The highest BCUT2D eigenvalue weighted by molar-refractivity contribution is 6.03. The predicted octanol–water partition coefficient (Wildman–Crippen LogP) is 4.37. The van der Waals surface area contributed by atoms with Gasteiger partial charge < -0.3 is 10.6 Å². The number of nitrogens with one attached hydrogen (secondary N) is 2. The fraction of sp³-hybridized carbons (Fsp3) is 0.105. The first-order chi connectivity index (χ1) is 12.4. The zero-order valence-corrected chi connectivity index (χ0v) is 14.2. The van der Waals surface area contributed by atoms with Gasteiger partial charge in [0.05, 0.1) is 11.3 Å². The van der Waals surface area contributed by atoms with Crippen molar-refractivity contribution < 1.29 is 13.6 Å². The minimum Gasteiger partial charge on any atom is -0.324 e. The van der Waals surface area contributed by atoms with E-state index < -0.39 is 17.5 Å².